The summed E-state index contributed by atoms with van der Waals surface area (Å²) >= 11 is 0. The Morgan fingerprint density at radius 3 is 3.05 bits per heavy atom. The predicted octanol–water partition coefficient (Wildman–Crippen LogP) is 1.36. The number of hydrogen-bond acceptors (Lipinski definition) is 3. The van der Waals surface area contributed by atoms with Gasteiger partial charge in [0, 0.05) is 25.2 Å². The summed E-state index contributed by atoms with van der Waals surface area (Å²) in [7, 11) is 1.61. The number of aliphatic hydroxyl groups excluding tert-OH is 1. The number of urea groups is 1. The maximum Gasteiger partial charge on any atom is 0.317 e. The molecule has 1 saturated heterocycles. The molecule has 2 amide bonds. The van der Waals surface area contributed by atoms with Gasteiger partial charge in [-0.3, -0.25) is 0 Å². The van der Waals surface area contributed by atoms with Gasteiger partial charge in [-0.1, -0.05) is 18.2 Å². The van der Waals surface area contributed by atoms with Gasteiger partial charge >= 0.3 is 6.03 Å². The molecule has 1 fully saturated rings. The second kappa shape index (κ2) is 6.43. The number of rotatable bonds is 3. The number of para-hydroxylation sites is 1. The minimum atomic E-state index is -0.397. The van der Waals surface area contributed by atoms with Crippen molar-refractivity contribution in [3.8, 4) is 5.75 Å². The van der Waals surface area contributed by atoms with Crippen LogP contribution >= 0.6 is 0 Å². The van der Waals surface area contributed by atoms with Gasteiger partial charge in [0.2, 0.25) is 0 Å². The van der Waals surface area contributed by atoms with Crippen LogP contribution in [-0.2, 0) is 6.54 Å². The average molecular weight is 264 g/mol. The topological polar surface area (TPSA) is 61.8 Å². The zero-order valence-corrected chi connectivity index (χ0v) is 11.1. The lowest BCUT2D eigenvalue weighted by Gasteiger charge is -2.30. The number of methoxy groups -OCH3 is 1. The van der Waals surface area contributed by atoms with Crippen LogP contribution < -0.4 is 10.1 Å². The number of carbonyl (C=O) groups is 1. The molecular weight excluding hydrogens is 244 g/mol. The molecule has 0 aliphatic carbocycles. The number of β-amino-alcohol motifs (C(OH)–C–C–N with tert-alkyl or cyclic N) is 1. The van der Waals surface area contributed by atoms with Crippen molar-refractivity contribution in [3.05, 3.63) is 29.8 Å². The van der Waals surface area contributed by atoms with E-state index in [1.54, 1.807) is 12.0 Å². The van der Waals surface area contributed by atoms with Crippen LogP contribution in [0.4, 0.5) is 4.79 Å². The Morgan fingerprint density at radius 2 is 2.32 bits per heavy atom. The highest BCUT2D eigenvalue weighted by molar-refractivity contribution is 5.74. The number of benzene rings is 1. The first-order chi connectivity index (χ1) is 9.20. The highest BCUT2D eigenvalue weighted by Crippen LogP contribution is 2.17. The summed E-state index contributed by atoms with van der Waals surface area (Å²) in [6, 6.07) is 7.46. The number of nitrogens with one attached hydrogen (secondary N) is 1. The third-order valence-electron chi connectivity index (χ3n) is 3.31. The van der Waals surface area contributed by atoms with Gasteiger partial charge in [0.05, 0.1) is 13.2 Å². The standard InChI is InChI=1S/C14H20N2O3/c1-19-13-7-3-2-5-11(13)9-15-14(18)16-8-4-6-12(17)10-16/h2-3,5,7,12,17H,4,6,8-10H2,1H3,(H,15,18). The molecule has 1 atom stereocenters. The van der Waals surface area contributed by atoms with Gasteiger partial charge in [0.25, 0.3) is 0 Å². The van der Waals surface area contributed by atoms with Crippen LogP contribution in [0.25, 0.3) is 0 Å². The monoisotopic (exact) mass is 264 g/mol. The summed E-state index contributed by atoms with van der Waals surface area (Å²) < 4.78 is 5.24. The smallest absolute Gasteiger partial charge is 0.317 e. The zero-order chi connectivity index (χ0) is 13.7. The summed E-state index contributed by atoms with van der Waals surface area (Å²) in [6.45, 7) is 1.54. The maximum atomic E-state index is 12.0. The van der Waals surface area contributed by atoms with E-state index in [1.807, 2.05) is 24.3 Å². The Bertz CT molecular complexity index is 436. The number of ether oxygens (including phenoxy) is 1. The molecular formula is C14H20N2O3. The number of nitrogens with zero attached hydrogens (tertiary/aromatic N) is 1. The Hall–Kier alpha value is -1.75. The minimum absolute atomic E-state index is 0.135. The van der Waals surface area contributed by atoms with Crippen molar-refractivity contribution in [1.29, 1.82) is 0 Å². The molecule has 1 aromatic rings. The molecule has 1 aromatic carbocycles. The Balaban J connectivity index is 1.89. The quantitative estimate of drug-likeness (QED) is 0.866. The Morgan fingerprint density at radius 1 is 1.53 bits per heavy atom. The van der Waals surface area contributed by atoms with Crippen LogP contribution in [0, 0.1) is 0 Å². The molecule has 5 nitrogen and oxygen atoms in total. The van der Waals surface area contributed by atoms with Crippen LogP contribution in [0.5, 0.6) is 5.75 Å². The normalized spacial score (nSPS) is 19.1. The molecule has 1 aliphatic heterocycles. The zero-order valence-electron chi connectivity index (χ0n) is 11.1. The number of amides is 2. The highest BCUT2D eigenvalue weighted by atomic mass is 16.5. The van der Waals surface area contributed by atoms with Crippen LogP contribution in [0.15, 0.2) is 24.3 Å². The maximum absolute atomic E-state index is 12.0. The molecule has 2 N–H and O–H groups in total. The fourth-order valence-corrected chi connectivity index (χ4v) is 2.27. The van der Waals surface area contributed by atoms with E-state index < -0.39 is 6.10 Å². The Labute approximate surface area is 113 Å². The van der Waals surface area contributed by atoms with Gasteiger partial charge in [-0.05, 0) is 18.9 Å². The largest absolute Gasteiger partial charge is 0.496 e. The lowest BCUT2D eigenvalue weighted by Crippen LogP contribution is -2.46. The summed E-state index contributed by atoms with van der Waals surface area (Å²) in [5.74, 6) is 0.765. The molecule has 0 saturated carbocycles. The van der Waals surface area contributed by atoms with Crippen molar-refractivity contribution >= 4 is 6.03 Å². The number of piperidine rings is 1. The molecule has 19 heavy (non-hydrogen) atoms. The van der Waals surface area contributed by atoms with E-state index in [2.05, 4.69) is 5.32 Å². The summed E-state index contributed by atoms with van der Waals surface area (Å²) in [5.41, 5.74) is 0.941. The number of hydrogen-bond donors (Lipinski definition) is 2. The van der Waals surface area contributed by atoms with E-state index in [0.717, 1.165) is 24.2 Å². The third-order valence-corrected chi connectivity index (χ3v) is 3.31. The van der Waals surface area contributed by atoms with Gasteiger partial charge in [-0.25, -0.2) is 4.79 Å². The lowest BCUT2D eigenvalue weighted by atomic mass is 10.1. The van der Waals surface area contributed by atoms with E-state index in [1.165, 1.54) is 0 Å². The molecule has 0 bridgehead atoms. The van der Waals surface area contributed by atoms with Crippen molar-refractivity contribution in [1.82, 2.24) is 10.2 Å². The van der Waals surface area contributed by atoms with E-state index >= 15 is 0 Å². The first-order valence-electron chi connectivity index (χ1n) is 6.53. The molecule has 1 unspecified atom stereocenters. The van der Waals surface area contributed by atoms with Crippen molar-refractivity contribution in [3.63, 3.8) is 0 Å². The molecule has 104 valence electrons. The second-order valence-electron chi connectivity index (χ2n) is 4.71. The van der Waals surface area contributed by atoms with Gasteiger partial charge in [-0.15, -0.1) is 0 Å². The summed E-state index contributed by atoms with van der Waals surface area (Å²) in [4.78, 5) is 13.6. The fraction of sp³-hybridized carbons (Fsp3) is 0.500. The van der Waals surface area contributed by atoms with Crippen molar-refractivity contribution in [2.24, 2.45) is 0 Å². The van der Waals surface area contributed by atoms with Gasteiger partial charge < -0.3 is 20.1 Å². The van der Waals surface area contributed by atoms with E-state index in [0.29, 0.717) is 19.6 Å². The molecule has 0 aromatic heterocycles. The highest BCUT2D eigenvalue weighted by Gasteiger charge is 2.21. The fourth-order valence-electron chi connectivity index (χ4n) is 2.27. The number of aliphatic hydroxyl groups is 1. The summed E-state index contributed by atoms with van der Waals surface area (Å²) in [5, 5.41) is 12.4. The summed E-state index contributed by atoms with van der Waals surface area (Å²) in [6.07, 6.45) is 1.23. The van der Waals surface area contributed by atoms with E-state index in [9.17, 15) is 9.90 Å². The SMILES string of the molecule is COc1ccccc1CNC(=O)N1CCCC(O)C1. The minimum Gasteiger partial charge on any atom is -0.496 e. The molecule has 5 heteroatoms. The number of carbonyl (C=O) groups excluding carboxylic acids is 1. The van der Waals surface area contributed by atoms with E-state index in [-0.39, 0.29) is 6.03 Å². The number of likely N-dealkylation sites (tertiary alicyclic amines) is 1. The van der Waals surface area contributed by atoms with E-state index in [4.69, 9.17) is 4.74 Å². The second-order valence-corrected chi connectivity index (χ2v) is 4.71. The van der Waals surface area contributed by atoms with Crippen molar-refractivity contribution in [2.45, 2.75) is 25.5 Å². The predicted molar refractivity (Wildman–Crippen MR) is 72.0 cm³/mol. The molecule has 2 rings (SSSR count). The first kappa shape index (κ1) is 13.7. The molecule has 1 aliphatic rings. The molecule has 1 heterocycles. The lowest BCUT2D eigenvalue weighted by molar-refractivity contribution is 0.0841. The van der Waals surface area contributed by atoms with Gasteiger partial charge in [0.15, 0.2) is 0 Å². The van der Waals surface area contributed by atoms with Crippen molar-refractivity contribution < 1.29 is 14.6 Å². The molecule has 0 spiro atoms. The van der Waals surface area contributed by atoms with Crippen LogP contribution in [-0.4, -0.2) is 42.3 Å². The van der Waals surface area contributed by atoms with Crippen LogP contribution in [0.1, 0.15) is 18.4 Å². The van der Waals surface area contributed by atoms with Gasteiger partial charge in [-0.2, -0.15) is 0 Å². The average Bonchev–Trinajstić information content (AvgIpc) is 2.45. The first-order valence-corrected chi connectivity index (χ1v) is 6.53. The molecule has 0 radical (unpaired) electrons. The van der Waals surface area contributed by atoms with Crippen LogP contribution in [0.2, 0.25) is 0 Å². The van der Waals surface area contributed by atoms with Gasteiger partial charge in [0.1, 0.15) is 5.75 Å². The Kier molecular flexibility index (Phi) is 4.63. The van der Waals surface area contributed by atoms with Crippen LogP contribution in [0.3, 0.4) is 0 Å². The van der Waals surface area contributed by atoms with Crippen molar-refractivity contribution in [2.75, 3.05) is 20.2 Å². The third kappa shape index (κ3) is 3.61.